The van der Waals surface area contributed by atoms with Gasteiger partial charge < -0.3 is 9.64 Å². The summed E-state index contributed by atoms with van der Waals surface area (Å²) in [4.78, 5) is 14.4. The molecule has 0 radical (unpaired) electrons. The van der Waals surface area contributed by atoms with Gasteiger partial charge in [-0.05, 0) is 72.2 Å². The molecule has 0 saturated heterocycles. The van der Waals surface area contributed by atoms with Crippen molar-refractivity contribution in [1.29, 1.82) is 0 Å². The van der Waals surface area contributed by atoms with Gasteiger partial charge in [-0.25, -0.2) is 4.79 Å². The summed E-state index contributed by atoms with van der Waals surface area (Å²) >= 11 is 0. The van der Waals surface area contributed by atoms with E-state index in [0.717, 1.165) is 35.8 Å². The molecule has 0 N–H and O–H groups in total. The Labute approximate surface area is 224 Å². The van der Waals surface area contributed by atoms with Crippen molar-refractivity contribution in [3.8, 4) is 5.75 Å². The Hall–Kier alpha value is -4.63. The Morgan fingerprint density at radius 3 is 1.95 bits per heavy atom. The highest BCUT2D eigenvalue weighted by Crippen LogP contribution is 2.31. The Kier molecular flexibility index (Phi) is 7.65. The lowest BCUT2D eigenvalue weighted by atomic mass is 9.98. The van der Waals surface area contributed by atoms with Gasteiger partial charge in [-0.3, -0.25) is 0 Å². The SMILES string of the molecule is C=C(C)C(=O)Oc1ccc(CCc2ccc(N(Cc3ccccc3)c3ccccc3)cc2)c2ccccc12. The van der Waals surface area contributed by atoms with E-state index in [-0.39, 0.29) is 0 Å². The van der Waals surface area contributed by atoms with Crippen LogP contribution >= 0.6 is 0 Å². The van der Waals surface area contributed by atoms with Crippen molar-refractivity contribution in [2.24, 2.45) is 0 Å². The number of esters is 1. The van der Waals surface area contributed by atoms with Gasteiger partial charge in [0.05, 0.1) is 0 Å². The molecule has 3 heteroatoms. The number of anilines is 2. The van der Waals surface area contributed by atoms with Crippen molar-refractivity contribution in [3.05, 3.63) is 150 Å². The molecule has 0 aromatic heterocycles. The zero-order valence-electron chi connectivity index (χ0n) is 21.6. The van der Waals surface area contributed by atoms with Crippen LogP contribution in [0.1, 0.15) is 23.6 Å². The third-order valence-electron chi connectivity index (χ3n) is 6.71. The van der Waals surface area contributed by atoms with E-state index in [9.17, 15) is 4.79 Å². The van der Waals surface area contributed by atoms with E-state index in [1.165, 1.54) is 22.4 Å². The number of ether oxygens (including phenoxy) is 1. The summed E-state index contributed by atoms with van der Waals surface area (Å²) in [6.45, 7) is 6.15. The van der Waals surface area contributed by atoms with Crippen LogP contribution in [0.3, 0.4) is 0 Å². The average Bonchev–Trinajstić information content (AvgIpc) is 2.97. The normalized spacial score (nSPS) is 10.8. The molecule has 0 spiro atoms. The van der Waals surface area contributed by atoms with Crippen LogP contribution in [0.15, 0.2) is 133 Å². The summed E-state index contributed by atoms with van der Waals surface area (Å²) in [6, 6.07) is 42.0. The minimum atomic E-state index is -0.403. The number of hydrogen-bond acceptors (Lipinski definition) is 3. The van der Waals surface area contributed by atoms with Crippen LogP contribution < -0.4 is 9.64 Å². The van der Waals surface area contributed by atoms with Crippen LogP contribution in [0, 0.1) is 0 Å². The minimum Gasteiger partial charge on any atom is -0.423 e. The lowest BCUT2D eigenvalue weighted by Gasteiger charge is -2.25. The van der Waals surface area contributed by atoms with Crippen molar-refractivity contribution in [1.82, 2.24) is 0 Å². The van der Waals surface area contributed by atoms with Crippen molar-refractivity contribution in [2.45, 2.75) is 26.3 Å². The smallest absolute Gasteiger partial charge is 0.338 e. The van der Waals surface area contributed by atoms with E-state index in [0.29, 0.717) is 11.3 Å². The van der Waals surface area contributed by atoms with Gasteiger partial charge in [0, 0.05) is 28.9 Å². The number of carbonyl (C=O) groups is 1. The predicted octanol–water partition coefficient (Wildman–Crippen LogP) is 8.44. The molecular formula is C35H31NO2. The number of fused-ring (bicyclic) bond motifs is 1. The molecule has 0 saturated carbocycles. The van der Waals surface area contributed by atoms with E-state index in [1.54, 1.807) is 6.92 Å². The minimum absolute atomic E-state index is 0.385. The van der Waals surface area contributed by atoms with Crippen LogP contribution in [0.25, 0.3) is 10.8 Å². The van der Waals surface area contributed by atoms with Gasteiger partial charge in [0.1, 0.15) is 5.75 Å². The molecule has 0 atom stereocenters. The molecule has 0 heterocycles. The first-order valence-electron chi connectivity index (χ1n) is 12.9. The average molecular weight is 498 g/mol. The zero-order valence-corrected chi connectivity index (χ0v) is 21.6. The standard InChI is InChI=1S/C35H31NO2/c1-26(2)35(37)38-34-24-21-29(32-15-9-10-16-33(32)34)20-17-27-18-22-31(23-19-27)36(30-13-7-4-8-14-30)25-28-11-5-3-6-12-28/h3-16,18-19,21-24H,1,17,20,25H2,2H3. The first-order valence-corrected chi connectivity index (χ1v) is 12.9. The van der Waals surface area contributed by atoms with Crippen molar-refractivity contribution < 1.29 is 9.53 Å². The molecule has 0 fully saturated rings. The lowest BCUT2D eigenvalue weighted by molar-refractivity contribution is -0.129. The zero-order chi connectivity index (χ0) is 26.3. The molecule has 0 bridgehead atoms. The van der Waals surface area contributed by atoms with Crippen LogP contribution in [-0.2, 0) is 24.2 Å². The van der Waals surface area contributed by atoms with Crippen LogP contribution in [-0.4, -0.2) is 5.97 Å². The maximum atomic E-state index is 12.1. The number of carbonyl (C=O) groups excluding carboxylic acids is 1. The topological polar surface area (TPSA) is 29.5 Å². The van der Waals surface area contributed by atoms with Crippen molar-refractivity contribution in [2.75, 3.05) is 4.90 Å². The molecule has 0 amide bonds. The van der Waals surface area contributed by atoms with E-state index in [4.69, 9.17) is 4.74 Å². The molecular weight excluding hydrogens is 466 g/mol. The van der Waals surface area contributed by atoms with Gasteiger partial charge in [0.15, 0.2) is 0 Å². The molecule has 38 heavy (non-hydrogen) atoms. The van der Waals surface area contributed by atoms with Gasteiger partial charge in [-0.1, -0.05) is 97.6 Å². The largest absolute Gasteiger partial charge is 0.423 e. The van der Waals surface area contributed by atoms with Gasteiger partial charge in [0.25, 0.3) is 0 Å². The second kappa shape index (κ2) is 11.6. The third kappa shape index (κ3) is 5.84. The predicted molar refractivity (Wildman–Crippen MR) is 157 cm³/mol. The molecule has 3 nitrogen and oxygen atoms in total. The highest BCUT2D eigenvalue weighted by atomic mass is 16.5. The van der Waals surface area contributed by atoms with Crippen LogP contribution in [0.2, 0.25) is 0 Å². The maximum absolute atomic E-state index is 12.1. The van der Waals surface area contributed by atoms with E-state index < -0.39 is 5.97 Å². The monoisotopic (exact) mass is 497 g/mol. The van der Waals surface area contributed by atoms with Gasteiger partial charge >= 0.3 is 5.97 Å². The molecule has 0 unspecified atom stereocenters. The highest BCUT2D eigenvalue weighted by Gasteiger charge is 2.13. The second-order valence-electron chi connectivity index (χ2n) is 9.51. The van der Waals surface area contributed by atoms with Crippen LogP contribution in [0.4, 0.5) is 11.4 Å². The van der Waals surface area contributed by atoms with Gasteiger partial charge in [-0.15, -0.1) is 0 Å². The summed E-state index contributed by atoms with van der Waals surface area (Å²) < 4.78 is 5.58. The summed E-state index contributed by atoms with van der Waals surface area (Å²) in [5, 5.41) is 2.05. The molecule has 188 valence electrons. The Morgan fingerprint density at radius 1 is 0.658 bits per heavy atom. The number of rotatable bonds is 9. The Balaban J connectivity index is 1.34. The molecule has 0 aliphatic heterocycles. The van der Waals surface area contributed by atoms with Crippen LogP contribution in [0.5, 0.6) is 5.75 Å². The first kappa shape index (κ1) is 25.0. The summed E-state index contributed by atoms with van der Waals surface area (Å²) in [5.41, 5.74) is 6.50. The second-order valence-corrected chi connectivity index (χ2v) is 9.51. The number of nitrogens with zero attached hydrogens (tertiary/aromatic N) is 1. The number of benzene rings is 5. The molecule has 5 aromatic carbocycles. The van der Waals surface area contributed by atoms with Crippen molar-refractivity contribution >= 4 is 28.1 Å². The fourth-order valence-electron chi connectivity index (χ4n) is 4.65. The maximum Gasteiger partial charge on any atom is 0.338 e. The Morgan fingerprint density at radius 2 is 1.26 bits per heavy atom. The van der Waals surface area contributed by atoms with E-state index in [2.05, 4.69) is 102 Å². The van der Waals surface area contributed by atoms with Gasteiger partial charge in [-0.2, -0.15) is 0 Å². The first-order chi connectivity index (χ1) is 18.6. The number of hydrogen-bond donors (Lipinski definition) is 0. The summed E-state index contributed by atoms with van der Waals surface area (Å²) in [6.07, 6.45) is 1.81. The molecule has 0 aliphatic carbocycles. The third-order valence-corrected chi connectivity index (χ3v) is 6.71. The summed E-state index contributed by atoms with van der Waals surface area (Å²) in [5.74, 6) is 0.168. The Bertz CT molecular complexity index is 1540. The fourth-order valence-corrected chi connectivity index (χ4v) is 4.65. The fraction of sp³-hybridized carbons (Fsp3) is 0.114. The van der Waals surface area contributed by atoms with Crippen molar-refractivity contribution in [3.63, 3.8) is 0 Å². The lowest BCUT2D eigenvalue weighted by Crippen LogP contribution is -2.16. The molecule has 0 aliphatic rings. The summed E-state index contributed by atoms with van der Waals surface area (Å²) in [7, 11) is 0. The number of para-hydroxylation sites is 1. The van der Waals surface area contributed by atoms with Gasteiger partial charge in [0.2, 0.25) is 0 Å². The molecule has 5 aromatic rings. The quantitative estimate of drug-likeness (QED) is 0.116. The van der Waals surface area contributed by atoms with E-state index >= 15 is 0 Å². The number of aryl methyl sites for hydroxylation is 2. The highest BCUT2D eigenvalue weighted by molar-refractivity contribution is 5.95. The van der Waals surface area contributed by atoms with E-state index in [1.807, 2.05) is 30.3 Å². The molecule has 5 rings (SSSR count).